The average Bonchev–Trinajstić information content (AvgIpc) is 3.64. The van der Waals surface area contributed by atoms with Gasteiger partial charge in [0.2, 0.25) is 11.8 Å². The van der Waals surface area contributed by atoms with Crippen LogP contribution < -0.4 is 20.3 Å². The molecule has 0 saturated carbocycles. The first-order valence-electron chi connectivity index (χ1n) is 17.0. The number of benzene rings is 3. The van der Waals surface area contributed by atoms with Gasteiger partial charge in [-0.3, -0.25) is 14.4 Å². The average molecular weight is 761 g/mol. The lowest BCUT2D eigenvalue weighted by molar-refractivity contribution is -0.143. The van der Waals surface area contributed by atoms with E-state index in [1.165, 1.54) is 49.8 Å². The molecule has 2 N–H and O–H groups in total. The Bertz CT molecular complexity index is 2220. The fourth-order valence-electron chi connectivity index (χ4n) is 6.22. The Kier molecular flexibility index (Phi) is 11.2. The second kappa shape index (κ2) is 16.0. The van der Waals surface area contributed by atoms with E-state index in [2.05, 4.69) is 37.2 Å². The third kappa shape index (κ3) is 8.15. The number of nitrogens with zero attached hydrogens (tertiary/aromatic N) is 6. The molecule has 6 rings (SSSR count). The van der Waals surface area contributed by atoms with Gasteiger partial charge < -0.3 is 25.2 Å². The molecule has 0 aliphatic carbocycles. The topological polar surface area (TPSA) is 135 Å². The first-order chi connectivity index (χ1) is 25.9. The summed E-state index contributed by atoms with van der Waals surface area (Å²) >= 11 is 6.82. The van der Waals surface area contributed by atoms with Crippen molar-refractivity contribution >= 4 is 57.4 Å². The third-order valence-corrected chi connectivity index (χ3v) is 9.43. The van der Waals surface area contributed by atoms with Gasteiger partial charge in [-0.2, -0.15) is 18.3 Å². The molecule has 54 heavy (non-hydrogen) atoms. The van der Waals surface area contributed by atoms with Gasteiger partial charge in [-0.25, -0.2) is 14.6 Å². The SMILES string of the molecule is C=CC(=O)N1CCN(c2ncnc3cc(CCc4ccc(NC(=O)CC)cc4NC(=O)c4cnn(-c5ccc(OC)cc5)c4C(F)(F)F)c(Cl)cc23)CC1. The molecule has 0 radical (unpaired) electrons. The van der Waals surface area contributed by atoms with Crippen LogP contribution in [0.3, 0.4) is 0 Å². The maximum Gasteiger partial charge on any atom is 0.434 e. The predicted octanol–water partition coefficient (Wildman–Crippen LogP) is 6.72. The van der Waals surface area contributed by atoms with Gasteiger partial charge in [0.1, 0.15) is 17.9 Å². The van der Waals surface area contributed by atoms with Crippen molar-refractivity contribution in [3.05, 3.63) is 107 Å². The molecular formula is C38H36ClF3N8O4. The van der Waals surface area contributed by atoms with Crippen LogP contribution >= 0.6 is 11.6 Å². The summed E-state index contributed by atoms with van der Waals surface area (Å²) in [5.41, 5.74) is 0.690. The van der Waals surface area contributed by atoms with Gasteiger partial charge in [0, 0.05) is 54.4 Å². The Balaban J connectivity index is 1.27. The molecule has 1 saturated heterocycles. The molecule has 3 amide bonds. The zero-order chi connectivity index (χ0) is 38.6. The normalized spacial score (nSPS) is 13.1. The summed E-state index contributed by atoms with van der Waals surface area (Å²) in [5, 5.41) is 10.5. The molecule has 280 valence electrons. The van der Waals surface area contributed by atoms with Gasteiger partial charge >= 0.3 is 6.18 Å². The number of anilines is 3. The number of fused-ring (bicyclic) bond motifs is 1. The number of hydrogen-bond donors (Lipinski definition) is 2. The van der Waals surface area contributed by atoms with Crippen molar-refractivity contribution in [1.29, 1.82) is 0 Å². The second-order valence-electron chi connectivity index (χ2n) is 12.4. The minimum Gasteiger partial charge on any atom is -0.497 e. The molecule has 1 aliphatic heterocycles. The summed E-state index contributed by atoms with van der Waals surface area (Å²) in [6, 6.07) is 14.3. The molecule has 3 aromatic carbocycles. The third-order valence-electron chi connectivity index (χ3n) is 9.07. The Labute approximate surface area is 313 Å². The summed E-state index contributed by atoms with van der Waals surface area (Å²) in [7, 11) is 1.44. The van der Waals surface area contributed by atoms with Crippen LogP contribution in [0, 0.1) is 0 Å². The van der Waals surface area contributed by atoms with E-state index in [-0.39, 0.29) is 29.6 Å². The number of carbonyl (C=O) groups is 3. The van der Waals surface area contributed by atoms with Crippen LogP contribution in [0.2, 0.25) is 5.02 Å². The number of methoxy groups -OCH3 is 1. The van der Waals surface area contributed by atoms with Crippen molar-refractivity contribution in [3.63, 3.8) is 0 Å². The number of nitrogens with one attached hydrogen (secondary N) is 2. The Morgan fingerprint density at radius 1 is 0.963 bits per heavy atom. The minimum atomic E-state index is -4.93. The fraction of sp³-hybridized carbons (Fsp3) is 0.263. The Morgan fingerprint density at radius 3 is 2.35 bits per heavy atom. The minimum absolute atomic E-state index is 0.0828. The number of rotatable bonds is 11. The summed E-state index contributed by atoms with van der Waals surface area (Å²) in [5.74, 6) is -0.301. The summed E-state index contributed by atoms with van der Waals surface area (Å²) < 4.78 is 49.2. The molecule has 5 aromatic rings. The van der Waals surface area contributed by atoms with Gasteiger partial charge in [-0.15, -0.1) is 0 Å². The van der Waals surface area contributed by atoms with Gasteiger partial charge in [0.25, 0.3) is 5.91 Å². The lowest BCUT2D eigenvalue weighted by atomic mass is 10.0. The highest BCUT2D eigenvalue weighted by Crippen LogP contribution is 2.35. The molecule has 16 heteroatoms. The van der Waals surface area contributed by atoms with Gasteiger partial charge in [0.15, 0.2) is 5.69 Å². The number of halogens is 4. The maximum atomic E-state index is 14.5. The van der Waals surface area contributed by atoms with Gasteiger partial charge in [-0.05, 0) is 78.6 Å². The van der Waals surface area contributed by atoms with Crippen molar-refractivity contribution in [2.75, 3.05) is 48.8 Å². The summed E-state index contributed by atoms with van der Waals surface area (Å²) in [4.78, 5) is 50.7. The zero-order valence-corrected chi connectivity index (χ0v) is 30.2. The van der Waals surface area contributed by atoms with Crippen molar-refractivity contribution in [1.82, 2.24) is 24.6 Å². The van der Waals surface area contributed by atoms with Crippen LogP contribution in [0.5, 0.6) is 5.75 Å². The second-order valence-corrected chi connectivity index (χ2v) is 12.8. The molecule has 0 atom stereocenters. The highest BCUT2D eigenvalue weighted by atomic mass is 35.5. The first kappa shape index (κ1) is 37.8. The van der Waals surface area contributed by atoms with E-state index < -0.39 is 23.3 Å². The molecular weight excluding hydrogens is 725 g/mol. The molecule has 0 bridgehead atoms. The van der Waals surface area contributed by atoms with Crippen molar-refractivity contribution in [3.8, 4) is 11.4 Å². The number of alkyl halides is 3. The number of ether oxygens (including phenoxy) is 1. The van der Waals surface area contributed by atoms with E-state index in [9.17, 15) is 27.6 Å². The van der Waals surface area contributed by atoms with Gasteiger partial charge in [0.05, 0.1) is 30.1 Å². The van der Waals surface area contributed by atoms with Crippen LogP contribution in [0.15, 0.2) is 79.8 Å². The zero-order valence-electron chi connectivity index (χ0n) is 29.4. The van der Waals surface area contributed by atoms with E-state index in [0.717, 1.165) is 17.1 Å². The van der Waals surface area contributed by atoms with E-state index >= 15 is 0 Å². The lowest BCUT2D eigenvalue weighted by Crippen LogP contribution is -2.48. The first-order valence-corrected chi connectivity index (χ1v) is 17.4. The standard InChI is InChI=1S/C38H36ClF3N8O4/c1-4-33(51)46-25-9-8-23(31(19-25)47-37(53)29-21-45-50(35(29)38(40,41)42)26-10-12-27(54-3)13-11-26)6-7-24-18-32-28(20-30(24)39)36(44-22-43-32)49-16-14-48(15-17-49)34(52)5-2/h5,8-13,18-22H,2,4,6-7,14-17H2,1,3H3,(H,46,51)(H,47,53). The molecule has 12 nitrogen and oxygen atoms in total. The van der Waals surface area contributed by atoms with Crippen molar-refractivity contribution in [2.24, 2.45) is 0 Å². The van der Waals surface area contributed by atoms with Gasteiger partial charge in [-0.1, -0.05) is 31.2 Å². The number of aromatic nitrogens is 4. The van der Waals surface area contributed by atoms with E-state index in [1.54, 1.807) is 30.0 Å². The van der Waals surface area contributed by atoms with E-state index in [1.807, 2.05) is 6.07 Å². The summed E-state index contributed by atoms with van der Waals surface area (Å²) in [6.45, 7) is 7.42. The van der Waals surface area contributed by atoms with Crippen LogP contribution in [0.4, 0.5) is 30.4 Å². The molecule has 1 aliphatic rings. The molecule has 3 heterocycles. The number of carbonyl (C=O) groups excluding carboxylic acids is 3. The number of aryl methyl sites for hydroxylation is 2. The van der Waals surface area contributed by atoms with E-state index in [4.69, 9.17) is 16.3 Å². The quantitative estimate of drug-likeness (QED) is 0.142. The van der Waals surface area contributed by atoms with Crippen molar-refractivity contribution in [2.45, 2.75) is 32.4 Å². The highest BCUT2D eigenvalue weighted by Gasteiger charge is 2.40. The highest BCUT2D eigenvalue weighted by molar-refractivity contribution is 6.32. The van der Waals surface area contributed by atoms with Crippen LogP contribution in [-0.2, 0) is 28.6 Å². The van der Waals surface area contributed by atoms with Crippen LogP contribution in [0.1, 0.15) is 40.5 Å². The monoisotopic (exact) mass is 760 g/mol. The number of hydrogen-bond acceptors (Lipinski definition) is 8. The smallest absolute Gasteiger partial charge is 0.434 e. The van der Waals surface area contributed by atoms with Crippen LogP contribution in [-0.4, -0.2) is 75.7 Å². The lowest BCUT2D eigenvalue weighted by Gasteiger charge is -2.35. The van der Waals surface area contributed by atoms with Crippen molar-refractivity contribution < 1.29 is 32.3 Å². The molecule has 1 fully saturated rings. The largest absolute Gasteiger partial charge is 0.497 e. The Hall–Kier alpha value is -5.96. The Morgan fingerprint density at radius 2 is 1.69 bits per heavy atom. The number of amides is 3. The molecule has 0 unspecified atom stereocenters. The van der Waals surface area contributed by atoms with Crippen LogP contribution in [0.25, 0.3) is 16.6 Å². The summed E-state index contributed by atoms with van der Waals surface area (Å²) in [6.07, 6.45) is -0.398. The number of piperazine rings is 1. The molecule has 2 aromatic heterocycles. The molecule has 0 spiro atoms. The van der Waals surface area contributed by atoms with E-state index in [0.29, 0.717) is 77.1 Å². The predicted molar refractivity (Wildman–Crippen MR) is 199 cm³/mol. The maximum absolute atomic E-state index is 14.5. The fourth-order valence-corrected chi connectivity index (χ4v) is 6.48.